The van der Waals surface area contributed by atoms with Gasteiger partial charge in [0.1, 0.15) is 0 Å². The van der Waals surface area contributed by atoms with E-state index in [0.717, 1.165) is 18.4 Å². The van der Waals surface area contributed by atoms with Gasteiger partial charge in [0, 0.05) is 16.7 Å². The van der Waals surface area contributed by atoms with Crippen LogP contribution in [0.3, 0.4) is 0 Å². The molecular weight excluding hydrogens is 388 g/mol. The maximum Gasteiger partial charge on any atom is 0.509 e. The van der Waals surface area contributed by atoms with Gasteiger partial charge in [-0.3, -0.25) is 4.79 Å². The molecule has 0 amide bonds. The van der Waals surface area contributed by atoms with E-state index in [4.69, 9.17) is 9.47 Å². The predicted octanol–water partition coefficient (Wildman–Crippen LogP) is 3.26. The lowest BCUT2D eigenvalue weighted by Gasteiger charge is -2.59. The van der Waals surface area contributed by atoms with E-state index in [1.807, 2.05) is 13.0 Å². The molecule has 0 spiro atoms. The first-order valence-corrected chi connectivity index (χ1v) is 10.8. The standard InChI is InChI=1S/C23H30O7/c1-4-29-20(28)30-23(19(26)27)10-8-16-15-6-5-13-11-14(24)7-9-21(13,2)18(15)17(25)12-22(16,23)3/h7,9,11,15-18,25H,4-6,8,10,12H2,1-3H3,(H,26,27)/t15-,16-,17?,18-,21-,22-,23?/m0/s1. The molecule has 7 heteroatoms. The Bertz CT molecular complexity index is 844. The van der Waals surface area contributed by atoms with Gasteiger partial charge in [-0.2, -0.15) is 0 Å². The number of hydrogen-bond donors (Lipinski definition) is 2. The summed E-state index contributed by atoms with van der Waals surface area (Å²) in [6, 6.07) is 0. The molecule has 2 unspecified atom stereocenters. The number of carbonyl (C=O) groups is 3. The number of carbonyl (C=O) groups excluding carboxylic acids is 2. The van der Waals surface area contributed by atoms with Crippen molar-refractivity contribution in [3.63, 3.8) is 0 Å². The van der Waals surface area contributed by atoms with Gasteiger partial charge < -0.3 is 19.7 Å². The summed E-state index contributed by atoms with van der Waals surface area (Å²) in [5.41, 5.74) is -2.00. The average molecular weight is 418 g/mol. The summed E-state index contributed by atoms with van der Waals surface area (Å²) < 4.78 is 10.4. The van der Waals surface area contributed by atoms with Crippen LogP contribution in [-0.2, 0) is 19.1 Å². The fraction of sp³-hybridized carbons (Fsp3) is 0.696. The Morgan fingerprint density at radius 2 is 2.00 bits per heavy atom. The molecule has 7 atom stereocenters. The second kappa shape index (κ2) is 6.94. The number of carboxylic acid groups (broad SMARTS) is 1. The molecule has 0 aromatic carbocycles. The lowest BCUT2D eigenvalue weighted by molar-refractivity contribution is -0.196. The summed E-state index contributed by atoms with van der Waals surface area (Å²) in [7, 11) is 0. The fourth-order valence-electron chi connectivity index (χ4n) is 7.17. The highest BCUT2D eigenvalue weighted by molar-refractivity contribution is 6.01. The Morgan fingerprint density at radius 3 is 2.67 bits per heavy atom. The van der Waals surface area contributed by atoms with Crippen molar-refractivity contribution in [3.8, 4) is 0 Å². The highest BCUT2D eigenvalue weighted by Crippen LogP contribution is 2.67. The molecule has 0 aliphatic heterocycles. The molecular formula is C23H30O7. The molecule has 7 nitrogen and oxygen atoms in total. The van der Waals surface area contributed by atoms with Crippen LogP contribution in [-0.4, -0.2) is 46.4 Å². The van der Waals surface area contributed by atoms with Crippen LogP contribution in [0.15, 0.2) is 23.8 Å². The summed E-state index contributed by atoms with van der Waals surface area (Å²) >= 11 is 0. The molecule has 4 rings (SSSR count). The number of fused-ring (bicyclic) bond motifs is 5. The van der Waals surface area contributed by atoms with E-state index in [2.05, 4.69) is 6.92 Å². The van der Waals surface area contributed by atoms with Gasteiger partial charge in [0.15, 0.2) is 5.78 Å². The Kier molecular flexibility index (Phi) is 4.88. The third-order valence-electron chi connectivity index (χ3n) is 8.48. The topological polar surface area (TPSA) is 110 Å². The van der Waals surface area contributed by atoms with E-state index in [1.165, 1.54) is 0 Å². The van der Waals surface area contributed by atoms with Crippen LogP contribution in [0.2, 0.25) is 0 Å². The number of carboxylic acids is 1. The molecule has 0 heterocycles. The monoisotopic (exact) mass is 418 g/mol. The molecule has 0 bridgehead atoms. The van der Waals surface area contributed by atoms with Gasteiger partial charge in [0.2, 0.25) is 5.60 Å². The maximum atomic E-state index is 12.4. The van der Waals surface area contributed by atoms with Crippen molar-refractivity contribution in [2.24, 2.45) is 28.6 Å². The van der Waals surface area contributed by atoms with Gasteiger partial charge in [-0.05, 0) is 63.0 Å². The van der Waals surface area contributed by atoms with Crippen molar-refractivity contribution < 1.29 is 34.1 Å². The lowest BCUT2D eigenvalue weighted by atomic mass is 9.46. The first-order valence-electron chi connectivity index (χ1n) is 10.8. The molecule has 0 saturated heterocycles. The van der Waals surface area contributed by atoms with Crippen molar-refractivity contribution in [3.05, 3.63) is 23.8 Å². The van der Waals surface area contributed by atoms with Crippen LogP contribution in [0.25, 0.3) is 0 Å². The van der Waals surface area contributed by atoms with Crippen molar-refractivity contribution in [1.29, 1.82) is 0 Å². The number of aliphatic hydroxyl groups excluding tert-OH is 1. The first-order chi connectivity index (χ1) is 14.1. The zero-order valence-electron chi connectivity index (χ0n) is 17.7. The Morgan fingerprint density at radius 1 is 1.27 bits per heavy atom. The smallest absolute Gasteiger partial charge is 0.478 e. The Hall–Kier alpha value is -2.15. The van der Waals surface area contributed by atoms with Crippen molar-refractivity contribution in [2.45, 2.75) is 64.6 Å². The molecule has 3 fully saturated rings. The van der Waals surface area contributed by atoms with E-state index >= 15 is 0 Å². The van der Waals surface area contributed by atoms with Gasteiger partial charge in [-0.25, -0.2) is 9.59 Å². The second-order valence-corrected chi connectivity index (χ2v) is 9.67. The molecule has 3 saturated carbocycles. The van der Waals surface area contributed by atoms with Gasteiger partial charge in [-0.15, -0.1) is 0 Å². The lowest BCUT2D eigenvalue weighted by Crippen LogP contribution is -2.62. The summed E-state index contributed by atoms with van der Waals surface area (Å²) in [6.45, 7) is 5.64. The normalized spacial score (nSPS) is 44.4. The zero-order chi connectivity index (χ0) is 21.9. The van der Waals surface area contributed by atoms with E-state index in [0.29, 0.717) is 6.42 Å². The molecule has 0 aromatic heterocycles. The quantitative estimate of drug-likeness (QED) is 0.677. The Labute approximate surface area is 176 Å². The molecule has 4 aliphatic rings. The minimum absolute atomic E-state index is 0.0131. The zero-order valence-corrected chi connectivity index (χ0v) is 17.7. The van der Waals surface area contributed by atoms with Gasteiger partial charge in [0.25, 0.3) is 0 Å². The maximum absolute atomic E-state index is 12.4. The molecule has 2 N–H and O–H groups in total. The average Bonchev–Trinajstić information content (AvgIpc) is 2.95. The SMILES string of the molecule is CCOC(=O)OC1(C(=O)O)CC[C@H]2[C@@H]3CCC4=CC(=O)C=C[C@]4(C)[C@@H]3C(O)C[C@@]21C. The van der Waals surface area contributed by atoms with Crippen LogP contribution >= 0.6 is 0 Å². The van der Waals surface area contributed by atoms with E-state index in [-0.39, 0.29) is 43.0 Å². The minimum atomic E-state index is -1.72. The summed E-state index contributed by atoms with van der Waals surface area (Å²) in [4.78, 5) is 36.5. The highest BCUT2D eigenvalue weighted by Gasteiger charge is 2.71. The van der Waals surface area contributed by atoms with E-state index < -0.39 is 34.7 Å². The van der Waals surface area contributed by atoms with Crippen molar-refractivity contribution in [2.75, 3.05) is 6.61 Å². The number of hydrogen-bond acceptors (Lipinski definition) is 6. The number of rotatable bonds is 3. The second-order valence-electron chi connectivity index (χ2n) is 9.67. The number of allylic oxidation sites excluding steroid dienone is 4. The molecule has 30 heavy (non-hydrogen) atoms. The largest absolute Gasteiger partial charge is 0.509 e. The van der Waals surface area contributed by atoms with E-state index in [9.17, 15) is 24.6 Å². The van der Waals surface area contributed by atoms with Gasteiger partial charge in [0.05, 0.1) is 12.7 Å². The minimum Gasteiger partial charge on any atom is -0.478 e. The summed E-state index contributed by atoms with van der Waals surface area (Å²) in [5.74, 6) is -1.25. The first kappa shape index (κ1) is 21.1. The summed E-state index contributed by atoms with van der Waals surface area (Å²) in [6.07, 6.45) is 5.98. The molecule has 4 aliphatic carbocycles. The predicted molar refractivity (Wildman–Crippen MR) is 106 cm³/mol. The van der Waals surface area contributed by atoms with E-state index in [1.54, 1.807) is 19.1 Å². The fourth-order valence-corrected chi connectivity index (χ4v) is 7.17. The van der Waals surface area contributed by atoms with Crippen LogP contribution in [0, 0.1) is 28.6 Å². The molecule has 0 radical (unpaired) electrons. The Balaban J connectivity index is 1.72. The van der Waals surface area contributed by atoms with Crippen molar-refractivity contribution in [1.82, 2.24) is 0 Å². The third-order valence-corrected chi connectivity index (χ3v) is 8.48. The van der Waals surface area contributed by atoms with Crippen molar-refractivity contribution >= 4 is 17.9 Å². The number of aliphatic hydroxyl groups is 1. The van der Waals surface area contributed by atoms with Gasteiger partial charge >= 0.3 is 12.1 Å². The number of aliphatic carboxylic acids is 1. The summed E-state index contributed by atoms with van der Waals surface area (Å²) in [5, 5.41) is 21.5. The molecule has 0 aromatic rings. The molecule has 164 valence electrons. The third kappa shape index (κ3) is 2.70. The number of ketones is 1. The van der Waals surface area contributed by atoms with Crippen LogP contribution in [0.4, 0.5) is 4.79 Å². The van der Waals surface area contributed by atoms with Gasteiger partial charge in [-0.1, -0.05) is 25.5 Å². The van der Waals surface area contributed by atoms with Crippen LogP contribution in [0.5, 0.6) is 0 Å². The highest BCUT2D eigenvalue weighted by atomic mass is 16.7. The number of ether oxygens (including phenoxy) is 2. The van der Waals surface area contributed by atoms with Crippen LogP contribution in [0.1, 0.15) is 52.9 Å². The van der Waals surface area contributed by atoms with Crippen LogP contribution < -0.4 is 0 Å².